The summed E-state index contributed by atoms with van der Waals surface area (Å²) in [5.74, 6) is 2.73. The normalized spacial score (nSPS) is 27.3. The van der Waals surface area contributed by atoms with E-state index in [0.29, 0.717) is 0 Å². The molecule has 2 atom stereocenters. The van der Waals surface area contributed by atoms with Crippen molar-refractivity contribution < 1.29 is 0 Å². The molecule has 2 aromatic heterocycles. The largest absolute Gasteiger partial charge is 0.138 e. The maximum absolute atomic E-state index is 2.43. The molecule has 0 N–H and O–H groups in total. The molecule has 2 heterocycles. The first-order valence-electron chi connectivity index (χ1n) is 12.9. The topological polar surface area (TPSA) is 0 Å². The van der Waals surface area contributed by atoms with Gasteiger partial charge in [-0.05, 0) is 67.4 Å². The molecule has 0 amide bonds. The lowest BCUT2D eigenvalue weighted by molar-refractivity contribution is 0.342. The minimum atomic E-state index is 0.867. The molecule has 2 fully saturated rings. The third-order valence-electron chi connectivity index (χ3n) is 8.25. The standard InChI is InChI=1S/C27H40S2/c1-2-22-24(20-14-10-6-4-7-11-15-20)28-27-23-18-19-13-9-5-3-8-12-16-21(17-19)25(23)29-26(22)27/h19-21H,2-18H2,1H3. The fourth-order valence-corrected chi connectivity index (χ4v) is 10.1. The first-order valence-corrected chi connectivity index (χ1v) is 14.5. The van der Waals surface area contributed by atoms with Crippen molar-refractivity contribution in [2.45, 2.75) is 128 Å². The Morgan fingerprint density at radius 3 is 1.93 bits per heavy atom. The fourth-order valence-electron chi connectivity index (χ4n) is 6.67. The highest BCUT2D eigenvalue weighted by Crippen LogP contribution is 2.53. The molecule has 0 saturated heterocycles. The lowest BCUT2D eigenvalue weighted by Crippen LogP contribution is -2.18. The third kappa shape index (κ3) is 4.22. The van der Waals surface area contributed by atoms with E-state index in [4.69, 9.17) is 0 Å². The Bertz CT molecular complexity index is 802. The molecule has 0 nitrogen and oxygen atoms in total. The van der Waals surface area contributed by atoms with Crippen LogP contribution >= 0.6 is 22.7 Å². The van der Waals surface area contributed by atoms with Gasteiger partial charge in [-0.3, -0.25) is 0 Å². The van der Waals surface area contributed by atoms with Gasteiger partial charge in [0.15, 0.2) is 0 Å². The van der Waals surface area contributed by atoms with Crippen molar-refractivity contribution in [1.29, 1.82) is 0 Å². The number of thiophene rings is 2. The average molecular weight is 429 g/mol. The second-order valence-corrected chi connectivity index (χ2v) is 12.4. The summed E-state index contributed by atoms with van der Waals surface area (Å²) in [6.07, 6.45) is 24.7. The van der Waals surface area contributed by atoms with Crippen LogP contribution in [0.1, 0.15) is 136 Å². The Labute approximate surface area is 186 Å². The monoisotopic (exact) mass is 428 g/mol. The summed E-state index contributed by atoms with van der Waals surface area (Å²) in [6, 6.07) is 0. The Balaban J connectivity index is 1.51. The Morgan fingerprint density at radius 2 is 1.24 bits per heavy atom. The predicted octanol–water partition coefficient (Wildman–Crippen LogP) is 9.74. The molecule has 3 aliphatic carbocycles. The minimum absolute atomic E-state index is 0.867. The van der Waals surface area contributed by atoms with E-state index in [-0.39, 0.29) is 0 Å². The summed E-state index contributed by atoms with van der Waals surface area (Å²) in [7, 11) is 0. The first-order chi connectivity index (χ1) is 14.3. The first kappa shape index (κ1) is 20.6. The van der Waals surface area contributed by atoms with Crippen LogP contribution in [0.4, 0.5) is 0 Å². The van der Waals surface area contributed by atoms with Gasteiger partial charge < -0.3 is 0 Å². The van der Waals surface area contributed by atoms with Crippen LogP contribution in [0.2, 0.25) is 0 Å². The zero-order valence-corrected chi connectivity index (χ0v) is 20.2. The molecular formula is C27H40S2. The van der Waals surface area contributed by atoms with Crippen molar-refractivity contribution in [2.24, 2.45) is 5.92 Å². The van der Waals surface area contributed by atoms with E-state index in [0.717, 1.165) is 17.8 Å². The second-order valence-electron chi connectivity index (χ2n) is 10.3. The van der Waals surface area contributed by atoms with Crippen LogP contribution in [-0.2, 0) is 12.8 Å². The molecule has 29 heavy (non-hydrogen) atoms. The molecular weight excluding hydrogens is 388 g/mol. The highest BCUT2D eigenvalue weighted by molar-refractivity contribution is 7.28. The Morgan fingerprint density at radius 1 is 0.655 bits per heavy atom. The maximum Gasteiger partial charge on any atom is 0.0491 e. The van der Waals surface area contributed by atoms with Crippen LogP contribution in [0.5, 0.6) is 0 Å². The van der Waals surface area contributed by atoms with Crippen LogP contribution < -0.4 is 0 Å². The van der Waals surface area contributed by atoms with Crippen LogP contribution in [0, 0.1) is 5.92 Å². The van der Waals surface area contributed by atoms with Crippen molar-refractivity contribution in [3.8, 4) is 0 Å². The number of hydrogen-bond donors (Lipinski definition) is 0. The molecule has 0 aromatic carbocycles. The van der Waals surface area contributed by atoms with Crippen molar-refractivity contribution in [1.82, 2.24) is 0 Å². The van der Waals surface area contributed by atoms with Gasteiger partial charge in [0, 0.05) is 19.2 Å². The number of aryl methyl sites for hydroxylation is 1. The molecule has 2 unspecified atom stereocenters. The number of hydrogen-bond acceptors (Lipinski definition) is 2. The molecule has 2 bridgehead atoms. The smallest absolute Gasteiger partial charge is 0.0491 e. The summed E-state index contributed by atoms with van der Waals surface area (Å²) in [6.45, 7) is 2.43. The fraction of sp³-hybridized carbons (Fsp3) is 0.778. The zero-order chi connectivity index (χ0) is 19.6. The van der Waals surface area contributed by atoms with E-state index in [1.807, 2.05) is 15.3 Å². The highest BCUT2D eigenvalue weighted by Gasteiger charge is 2.33. The van der Waals surface area contributed by atoms with Gasteiger partial charge in [0.1, 0.15) is 0 Å². The molecule has 5 rings (SSSR count). The van der Waals surface area contributed by atoms with Crippen LogP contribution in [0.3, 0.4) is 0 Å². The van der Waals surface area contributed by atoms with E-state index in [1.54, 1.807) is 15.0 Å². The molecule has 160 valence electrons. The van der Waals surface area contributed by atoms with E-state index in [2.05, 4.69) is 29.6 Å². The van der Waals surface area contributed by atoms with Gasteiger partial charge in [-0.2, -0.15) is 0 Å². The quantitative estimate of drug-likeness (QED) is 0.446. The Kier molecular flexibility index (Phi) is 6.68. The maximum atomic E-state index is 2.43. The third-order valence-corrected chi connectivity index (χ3v) is 11.3. The SMILES string of the molecule is CCc1c(C2CCCCCCC2)sc2c3c(sc12)C1CCCCCCCC(C3)C1. The van der Waals surface area contributed by atoms with Gasteiger partial charge in [0.05, 0.1) is 0 Å². The zero-order valence-electron chi connectivity index (χ0n) is 18.6. The summed E-state index contributed by atoms with van der Waals surface area (Å²) in [5.41, 5.74) is 3.61. The van der Waals surface area contributed by atoms with Gasteiger partial charge in [0.2, 0.25) is 0 Å². The van der Waals surface area contributed by atoms with Crippen molar-refractivity contribution in [2.75, 3.05) is 0 Å². The molecule has 0 aliphatic heterocycles. The van der Waals surface area contributed by atoms with Crippen molar-refractivity contribution in [3.05, 3.63) is 20.9 Å². The van der Waals surface area contributed by atoms with Crippen LogP contribution in [0.15, 0.2) is 0 Å². The van der Waals surface area contributed by atoms with Gasteiger partial charge >= 0.3 is 0 Å². The van der Waals surface area contributed by atoms with E-state index >= 15 is 0 Å². The van der Waals surface area contributed by atoms with Gasteiger partial charge in [-0.15, -0.1) is 22.7 Å². The van der Waals surface area contributed by atoms with Gasteiger partial charge in [0.25, 0.3) is 0 Å². The number of fused-ring (bicyclic) bond motifs is 6. The summed E-state index contributed by atoms with van der Waals surface area (Å²) < 4.78 is 3.49. The summed E-state index contributed by atoms with van der Waals surface area (Å²) in [5, 5.41) is 0. The predicted molar refractivity (Wildman–Crippen MR) is 131 cm³/mol. The molecule has 3 aliphatic rings. The summed E-state index contributed by atoms with van der Waals surface area (Å²) >= 11 is 4.51. The van der Waals surface area contributed by atoms with E-state index in [9.17, 15) is 0 Å². The minimum Gasteiger partial charge on any atom is -0.138 e. The summed E-state index contributed by atoms with van der Waals surface area (Å²) in [4.78, 5) is 3.65. The van der Waals surface area contributed by atoms with Crippen molar-refractivity contribution in [3.63, 3.8) is 0 Å². The molecule has 2 saturated carbocycles. The molecule has 0 radical (unpaired) electrons. The molecule has 0 spiro atoms. The van der Waals surface area contributed by atoms with Crippen LogP contribution in [0.25, 0.3) is 9.40 Å². The molecule has 2 heteroatoms. The highest BCUT2D eigenvalue weighted by atomic mass is 32.1. The van der Waals surface area contributed by atoms with Crippen molar-refractivity contribution >= 4 is 32.1 Å². The average Bonchev–Trinajstić information content (AvgIpc) is 3.23. The lowest BCUT2D eigenvalue weighted by atomic mass is 9.76. The second kappa shape index (κ2) is 9.43. The van der Waals surface area contributed by atoms with E-state index in [1.165, 1.54) is 109 Å². The van der Waals surface area contributed by atoms with E-state index < -0.39 is 0 Å². The number of rotatable bonds is 2. The van der Waals surface area contributed by atoms with Crippen LogP contribution in [-0.4, -0.2) is 0 Å². The van der Waals surface area contributed by atoms with Gasteiger partial charge in [-0.25, -0.2) is 0 Å². The lowest BCUT2D eigenvalue weighted by Gasteiger charge is -2.30. The van der Waals surface area contributed by atoms with Gasteiger partial charge in [-0.1, -0.05) is 77.6 Å². The Hall–Kier alpha value is -0.340. The molecule has 2 aromatic rings.